The average molecular weight is 260 g/mol. The zero-order valence-electron chi connectivity index (χ0n) is 11.1. The molecule has 1 aromatic carbocycles. The maximum atomic E-state index is 13.1. The summed E-state index contributed by atoms with van der Waals surface area (Å²) in [6.45, 7) is 6.14. The normalized spacial score (nSPS) is 23.8. The molecule has 1 aromatic heterocycles. The number of anilines is 1. The van der Waals surface area contributed by atoms with Crippen LogP contribution in [0.3, 0.4) is 0 Å². The van der Waals surface area contributed by atoms with E-state index in [0.717, 1.165) is 24.4 Å². The Labute approximate surface area is 111 Å². The fourth-order valence-electron chi connectivity index (χ4n) is 2.64. The highest BCUT2D eigenvalue weighted by atomic mass is 19.1. The summed E-state index contributed by atoms with van der Waals surface area (Å²) in [6, 6.07) is 5.36. The van der Waals surface area contributed by atoms with Gasteiger partial charge in [-0.05, 0) is 26.0 Å². The van der Waals surface area contributed by atoms with Crippen LogP contribution in [-0.4, -0.2) is 35.1 Å². The van der Waals surface area contributed by atoms with Crippen molar-refractivity contribution in [3.8, 4) is 0 Å². The lowest BCUT2D eigenvalue weighted by atomic mass is 10.1. The van der Waals surface area contributed by atoms with E-state index in [0.29, 0.717) is 17.6 Å². The first-order valence-corrected chi connectivity index (χ1v) is 6.55. The van der Waals surface area contributed by atoms with Crippen molar-refractivity contribution in [3.05, 3.63) is 30.2 Å². The quantitative estimate of drug-likeness (QED) is 0.851. The number of aromatic nitrogens is 2. The second-order valence-electron chi connectivity index (χ2n) is 5.23. The Hall–Kier alpha value is -1.75. The third-order valence-corrected chi connectivity index (χ3v) is 3.37. The topological polar surface area (TPSA) is 41.1 Å². The number of halogens is 1. The minimum absolute atomic E-state index is 0.279. The summed E-state index contributed by atoms with van der Waals surface area (Å²) >= 11 is 0. The monoisotopic (exact) mass is 260 g/mol. The molecule has 2 aromatic rings. The Morgan fingerprint density at radius 2 is 1.95 bits per heavy atom. The number of piperazine rings is 1. The molecule has 0 aliphatic carbocycles. The fraction of sp³-hybridized carbons (Fsp3) is 0.429. The molecule has 1 aliphatic heterocycles. The van der Waals surface area contributed by atoms with Crippen LogP contribution in [0.5, 0.6) is 0 Å². The molecule has 5 heteroatoms. The van der Waals surface area contributed by atoms with Crippen molar-refractivity contribution in [1.82, 2.24) is 15.3 Å². The lowest BCUT2D eigenvalue weighted by Gasteiger charge is -2.36. The van der Waals surface area contributed by atoms with Gasteiger partial charge in [0.25, 0.3) is 0 Å². The van der Waals surface area contributed by atoms with Crippen molar-refractivity contribution in [2.24, 2.45) is 0 Å². The number of rotatable bonds is 1. The second kappa shape index (κ2) is 4.74. The summed E-state index contributed by atoms with van der Waals surface area (Å²) in [4.78, 5) is 11.1. The smallest absolute Gasteiger partial charge is 0.147 e. The fourth-order valence-corrected chi connectivity index (χ4v) is 2.64. The van der Waals surface area contributed by atoms with E-state index >= 15 is 0 Å². The number of nitrogens with one attached hydrogen (secondary N) is 1. The van der Waals surface area contributed by atoms with E-state index in [1.807, 2.05) is 0 Å². The molecule has 100 valence electrons. The van der Waals surface area contributed by atoms with Crippen LogP contribution in [0.15, 0.2) is 24.4 Å². The molecule has 0 bridgehead atoms. The Kier molecular flexibility index (Phi) is 3.06. The van der Waals surface area contributed by atoms with E-state index in [1.54, 1.807) is 12.3 Å². The van der Waals surface area contributed by atoms with Gasteiger partial charge >= 0.3 is 0 Å². The molecule has 0 amide bonds. The van der Waals surface area contributed by atoms with E-state index in [4.69, 9.17) is 0 Å². The zero-order valence-corrected chi connectivity index (χ0v) is 11.1. The van der Waals surface area contributed by atoms with Gasteiger partial charge in [0, 0.05) is 31.2 Å². The number of fused-ring (bicyclic) bond motifs is 1. The van der Waals surface area contributed by atoms with Gasteiger partial charge in [-0.1, -0.05) is 0 Å². The molecule has 0 spiro atoms. The maximum absolute atomic E-state index is 13.1. The third kappa shape index (κ3) is 2.51. The van der Waals surface area contributed by atoms with Gasteiger partial charge in [-0.25, -0.2) is 9.37 Å². The number of benzene rings is 1. The largest absolute Gasteiger partial charge is 0.352 e. The highest BCUT2D eigenvalue weighted by Crippen LogP contribution is 2.18. The molecule has 1 N–H and O–H groups in total. The molecule has 1 fully saturated rings. The van der Waals surface area contributed by atoms with Crippen molar-refractivity contribution < 1.29 is 4.39 Å². The van der Waals surface area contributed by atoms with E-state index in [9.17, 15) is 4.39 Å². The Balaban J connectivity index is 1.94. The van der Waals surface area contributed by atoms with Crippen molar-refractivity contribution in [1.29, 1.82) is 0 Å². The molecule has 4 nitrogen and oxygen atoms in total. The summed E-state index contributed by atoms with van der Waals surface area (Å²) in [5, 5.41) is 3.48. The van der Waals surface area contributed by atoms with Crippen LogP contribution in [0.1, 0.15) is 13.8 Å². The molecule has 2 heterocycles. The van der Waals surface area contributed by atoms with Crippen molar-refractivity contribution in [3.63, 3.8) is 0 Å². The molecular weight excluding hydrogens is 243 g/mol. The lowest BCUT2D eigenvalue weighted by Crippen LogP contribution is -2.54. The van der Waals surface area contributed by atoms with E-state index < -0.39 is 0 Å². The average Bonchev–Trinajstić information content (AvgIpc) is 2.37. The first kappa shape index (κ1) is 12.3. The Bertz CT molecular complexity index is 591. The first-order valence-electron chi connectivity index (χ1n) is 6.55. The van der Waals surface area contributed by atoms with Gasteiger partial charge in [-0.2, -0.15) is 0 Å². The van der Waals surface area contributed by atoms with Crippen LogP contribution in [0, 0.1) is 5.82 Å². The van der Waals surface area contributed by atoms with Gasteiger partial charge in [-0.3, -0.25) is 4.98 Å². The summed E-state index contributed by atoms with van der Waals surface area (Å²) in [5.41, 5.74) is 1.33. The van der Waals surface area contributed by atoms with Crippen molar-refractivity contribution in [2.75, 3.05) is 18.0 Å². The SMILES string of the molecule is C[C@@H]1CN(c2cnc3cc(F)ccc3n2)C[C@@H](C)N1. The van der Waals surface area contributed by atoms with Crippen LogP contribution >= 0.6 is 0 Å². The molecule has 1 saturated heterocycles. The summed E-state index contributed by atoms with van der Waals surface area (Å²) in [5.74, 6) is 0.582. The predicted molar refractivity (Wildman–Crippen MR) is 73.8 cm³/mol. The number of nitrogens with zero attached hydrogens (tertiary/aromatic N) is 3. The van der Waals surface area contributed by atoms with Crippen molar-refractivity contribution in [2.45, 2.75) is 25.9 Å². The van der Waals surface area contributed by atoms with Crippen LogP contribution < -0.4 is 10.2 Å². The van der Waals surface area contributed by atoms with E-state index in [2.05, 4.69) is 34.0 Å². The number of hydrogen-bond donors (Lipinski definition) is 1. The molecule has 2 atom stereocenters. The molecule has 19 heavy (non-hydrogen) atoms. The summed E-state index contributed by atoms with van der Waals surface area (Å²) < 4.78 is 13.1. The Morgan fingerprint density at radius 3 is 2.68 bits per heavy atom. The Morgan fingerprint density at radius 1 is 1.21 bits per heavy atom. The standard InChI is InChI=1S/C14H17FN4/c1-9-7-19(8-10(2)17-9)14-6-16-13-5-11(15)3-4-12(13)18-14/h3-6,9-10,17H,7-8H2,1-2H3/t9-,10-/m1/s1. The van der Waals surface area contributed by atoms with Crippen LogP contribution in [-0.2, 0) is 0 Å². The second-order valence-corrected chi connectivity index (χ2v) is 5.23. The molecule has 3 rings (SSSR count). The minimum Gasteiger partial charge on any atom is -0.352 e. The summed E-state index contributed by atoms with van der Waals surface area (Å²) in [6.07, 6.45) is 1.73. The van der Waals surface area contributed by atoms with Gasteiger partial charge in [0.05, 0.1) is 17.2 Å². The van der Waals surface area contributed by atoms with Crippen LogP contribution in [0.2, 0.25) is 0 Å². The predicted octanol–water partition coefficient (Wildman–Crippen LogP) is 1.96. The van der Waals surface area contributed by atoms with Crippen LogP contribution in [0.25, 0.3) is 11.0 Å². The molecule has 0 unspecified atom stereocenters. The van der Waals surface area contributed by atoms with Gasteiger partial charge < -0.3 is 10.2 Å². The lowest BCUT2D eigenvalue weighted by molar-refractivity contribution is 0.405. The van der Waals surface area contributed by atoms with Gasteiger partial charge in [-0.15, -0.1) is 0 Å². The molecule has 1 aliphatic rings. The molecule has 0 saturated carbocycles. The third-order valence-electron chi connectivity index (χ3n) is 3.37. The van der Waals surface area contributed by atoms with Gasteiger partial charge in [0.2, 0.25) is 0 Å². The van der Waals surface area contributed by atoms with E-state index in [-0.39, 0.29) is 5.82 Å². The minimum atomic E-state index is -0.279. The van der Waals surface area contributed by atoms with Crippen molar-refractivity contribution >= 4 is 16.9 Å². The highest BCUT2D eigenvalue weighted by Gasteiger charge is 2.22. The zero-order chi connectivity index (χ0) is 13.4. The molecule has 0 radical (unpaired) electrons. The van der Waals surface area contributed by atoms with E-state index in [1.165, 1.54) is 12.1 Å². The molecular formula is C14H17FN4. The summed E-state index contributed by atoms with van der Waals surface area (Å²) in [7, 11) is 0. The van der Waals surface area contributed by atoms with Gasteiger partial charge in [0.1, 0.15) is 11.6 Å². The van der Waals surface area contributed by atoms with Crippen LogP contribution in [0.4, 0.5) is 10.2 Å². The maximum Gasteiger partial charge on any atom is 0.147 e. The number of hydrogen-bond acceptors (Lipinski definition) is 4. The highest BCUT2D eigenvalue weighted by molar-refractivity contribution is 5.75. The first-order chi connectivity index (χ1) is 9.11. The van der Waals surface area contributed by atoms with Gasteiger partial charge in [0.15, 0.2) is 0 Å².